The fourth-order valence-corrected chi connectivity index (χ4v) is 2.46. The third-order valence-electron chi connectivity index (χ3n) is 2.75. The molecular weight excluding hydrogens is 312 g/mol. The molecule has 21 heavy (non-hydrogen) atoms. The zero-order valence-electron chi connectivity index (χ0n) is 10.9. The van der Waals surface area contributed by atoms with Crippen molar-refractivity contribution in [1.29, 1.82) is 0 Å². The molecule has 0 heterocycles. The maximum absolute atomic E-state index is 11.9. The van der Waals surface area contributed by atoms with Crippen LogP contribution in [0.3, 0.4) is 0 Å². The lowest BCUT2D eigenvalue weighted by atomic mass is 10.1. The summed E-state index contributed by atoms with van der Waals surface area (Å²) in [5.74, 6) is -0.297. The van der Waals surface area contributed by atoms with Crippen molar-refractivity contribution in [2.45, 2.75) is 11.3 Å². The van der Waals surface area contributed by atoms with E-state index in [9.17, 15) is 13.2 Å². The van der Waals surface area contributed by atoms with Crippen LogP contribution in [0.15, 0.2) is 53.4 Å². The lowest BCUT2D eigenvalue weighted by Crippen LogP contribution is -2.16. The summed E-state index contributed by atoms with van der Waals surface area (Å²) in [5, 5.41) is 7.87. The number of benzene rings is 2. The predicted octanol–water partition coefficient (Wildman–Crippen LogP) is 2.17. The van der Waals surface area contributed by atoms with Crippen LogP contribution >= 0.6 is 11.6 Å². The highest BCUT2D eigenvalue weighted by molar-refractivity contribution is 7.89. The maximum Gasteiger partial charge on any atom is 0.238 e. The molecular formula is C14H13ClN2O3S. The molecule has 0 aliphatic carbocycles. The normalized spacial score (nSPS) is 11.1. The number of nitrogens with two attached hydrogens (primary N) is 1. The van der Waals surface area contributed by atoms with Gasteiger partial charge in [-0.2, -0.15) is 0 Å². The van der Waals surface area contributed by atoms with E-state index in [1.165, 1.54) is 18.2 Å². The van der Waals surface area contributed by atoms with Gasteiger partial charge in [0.25, 0.3) is 0 Å². The van der Waals surface area contributed by atoms with E-state index in [1.807, 2.05) is 30.3 Å². The van der Waals surface area contributed by atoms with Crippen molar-refractivity contribution in [2.24, 2.45) is 5.14 Å². The topological polar surface area (TPSA) is 89.3 Å². The molecule has 0 saturated carbocycles. The van der Waals surface area contributed by atoms with Gasteiger partial charge >= 0.3 is 0 Å². The molecule has 0 aliphatic rings. The largest absolute Gasteiger partial charge is 0.324 e. The van der Waals surface area contributed by atoms with Crippen molar-refractivity contribution < 1.29 is 13.2 Å². The summed E-state index contributed by atoms with van der Waals surface area (Å²) in [6, 6.07) is 13.1. The van der Waals surface area contributed by atoms with Crippen molar-refractivity contribution in [3.8, 4) is 0 Å². The third kappa shape index (κ3) is 4.29. The number of carbonyl (C=O) groups is 1. The second-order valence-electron chi connectivity index (χ2n) is 4.40. The minimum absolute atomic E-state index is 0.109. The van der Waals surface area contributed by atoms with Crippen LogP contribution in [0.1, 0.15) is 5.56 Å². The molecule has 5 nitrogen and oxygen atoms in total. The summed E-state index contributed by atoms with van der Waals surface area (Å²) in [6.07, 6.45) is 0.163. The van der Waals surface area contributed by atoms with Gasteiger partial charge in [0.2, 0.25) is 15.9 Å². The maximum atomic E-state index is 11.9. The lowest BCUT2D eigenvalue weighted by Gasteiger charge is -2.09. The lowest BCUT2D eigenvalue weighted by molar-refractivity contribution is -0.115. The quantitative estimate of drug-likeness (QED) is 0.903. The van der Waals surface area contributed by atoms with Crippen molar-refractivity contribution in [2.75, 3.05) is 5.32 Å². The molecule has 0 bridgehead atoms. The Morgan fingerprint density at radius 1 is 1.14 bits per heavy atom. The first-order chi connectivity index (χ1) is 9.86. The minimum Gasteiger partial charge on any atom is -0.324 e. The van der Waals surface area contributed by atoms with Gasteiger partial charge in [-0.25, -0.2) is 13.6 Å². The summed E-state index contributed by atoms with van der Waals surface area (Å²) in [7, 11) is -3.85. The van der Waals surface area contributed by atoms with Crippen molar-refractivity contribution in [3.05, 3.63) is 59.1 Å². The van der Waals surface area contributed by atoms with Crippen LogP contribution in [0.5, 0.6) is 0 Å². The molecule has 1 amide bonds. The van der Waals surface area contributed by atoms with Crippen LogP contribution in [-0.2, 0) is 21.2 Å². The number of anilines is 1. The average Bonchev–Trinajstić information content (AvgIpc) is 2.41. The highest BCUT2D eigenvalue weighted by Crippen LogP contribution is 2.24. The van der Waals surface area contributed by atoms with Crippen LogP contribution in [0, 0.1) is 0 Å². The van der Waals surface area contributed by atoms with E-state index >= 15 is 0 Å². The van der Waals surface area contributed by atoms with Gasteiger partial charge < -0.3 is 5.32 Å². The summed E-state index contributed by atoms with van der Waals surface area (Å²) in [6.45, 7) is 0. The third-order valence-corrected chi connectivity index (χ3v) is 3.99. The molecule has 110 valence electrons. The predicted molar refractivity (Wildman–Crippen MR) is 81.6 cm³/mol. The van der Waals surface area contributed by atoms with E-state index in [4.69, 9.17) is 16.7 Å². The van der Waals surface area contributed by atoms with Crippen LogP contribution < -0.4 is 10.5 Å². The second kappa shape index (κ2) is 6.26. The van der Waals surface area contributed by atoms with Gasteiger partial charge in [0, 0.05) is 0 Å². The number of halogens is 1. The van der Waals surface area contributed by atoms with E-state index in [0.29, 0.717) is 0 Å². The van der Waals surface area contributed by atoms with E-state index < -0.39 is 10.0 Å². The fraction of sp³-hybridized carbons (Fsp3) is 0.0714. The fourth-order valence-electron chi connectivity index (χ4n) is 1.75. The molecule has 7 heteroatoms. The molecule has 0 unspecified atom stereocenters. The Bertz CT molecular complexity index is 761. The van der Waals surface area contributed by atoms with E-state index in [0.717, 1.165) is 5.56 Å². The Balaban J connectivity index is 2.17. The van der Waals surface area contributed by atoms with Crippen LogP contribution in [0.4, 0.5) is 5.69 Å². The van der Waals surface area contributed by atoms with Gasteiger partial charge in [-0.15, -0.1) is 0 Å². The van der Waals surface area contributed by atoms with Gasteiger partial charge in [-0.3, -0.25) is 4.79 Å². The Morgan fingerprint density at radius 2 is 1.81 bits per heavy atom. The number of primary sulfonamides is 1. The Morgan fingerprint density at radius 3 is 2.43 bits per heavy atom. The van der Waals surface area contributed by atoms with Gasteiger partial charge in [-0.1, -0.05) is 41.9 Å². The number of hydrogen-bond donors (Lipinski definition) is 2. The first-order valence-corrected chi connectivity index (χ1v) is 7.95. The molecule has 0 spiro atoms. The first kappa shape index (κ1) is 15.5. The van der Waals surface area contributed by atoms with Gasteiger partial charge in [0.05, 0.1) is 22.0 Å². The van der Waals surface area contributed by atoms with Gasteiger partial charge in [0.15, 0.2) is 0 Å². The molecule has 0 radical (unpaired) electrons. The number of amides is 1. The summed E-state index contributed by atoms with van der Waals surface area (Å²) in [4.78, 5) is 11.8. The molecule has 2 aromatic rings. The molecule has 3 N–H and O–H groups in total. The van der Waals surface area contributed by atoms with Crippen molar-refractivity contribution in [3.63, 3.8) is 0 Å². The molecule has 0 aliphatic heterocycles. The molecule has 0 saturated heterocycles. The second-order valence-corrected chi connectivity index (χ2v) is 6.37. The zero-order valence-corrected chi connectivity index (χ0v) is 12.5. The summed E-state index contributed by atoms with van der Waals surface area (Å²) in [5.41, 5.74) is 1.05. The molecule has 2 rings (SSSR count). The summed E-state index contributed by atoms with van der Waals surface area (Å²) >= 11 is 5.94. The SMILES string of the molecule is NS(=O)(=O)c1ccc(Cl)c(NC(=O)Cc2ccccc2)c1. The smallest absolute Gasteiger partial charge is 0.238 e. The Hall–Kier alpha value is -1.89. The van der Waals surface area contributed by atoms with Crippen molar-refractivity contribution >= 4 is 33.2 Å². The first-order valence-electron chi connectivity index (χ1n) is 6.02. The Labute approximate surface area is 127 Å². The van der Waals surface area contributed by atoms with Crippen LogP contribution in [0.25, 0.3) is 0 Å². The number of carbonyl (C=O) groups excluding carboxylic acids is 1. The zero-order chi connectivity index (χ0) is 15.5. The number of sulfonamides is 1. The number of rotatable bonds is 4. The molecule has 2 aromatic carbocycles. The van der Waals surface area contributed by atoms with E-state index in [2.05, 4.69) is 5.32 Å². The van der Waals surface area contributed by atoms with Crippen LogP contribution in [0.2, 0.25) is 5.02 Å². The molecule has 0 fully saturated rings. The monoisotopic (exact) mass is 324 g/mol. The van der Waals surface area contributed by atoms with Gasteiger partial charge in [0.1, 0.15) is 0 Å². The Kier molecular flexibility index (Phi) is 4.62. The van der Waals surface area contributed by atoms with E-state index in [-0.39, 0.29) is 27.9 Å². The number of nitrogens with one attached hydrogen (secondary N) is 1. The molecule has 0 aromatic heterocycles. The highest BCUT2D eigenvalue weighted by atomic mass is 35.5. The molecule has 0 atom stereocenters. The highest BCUT2D eigenvalue weighted by Gasteiger charge is 2.12. The standard InChI is InChI=1S/C14H13ClN2O3S/c15-12-7-6-11(21(16,19)20)9-13(12)17-14(18)8-10-4-2-1-3-5-10/h1-7,9H,8H2,(H,17,18)(H2,16,19,20). The van der Waals surface area contributed by atoms with Gasteiger partial charge in [-0.05, 0) is 23.8 Å². The number of hydrogen-bond acceptors (Lipinski definition) is 3. The van der Waals surface area contributed by atoms with E-state index in [1.54, 1.807) is 0 Å². The minimum atomic E-state index is -3.85. The average molecular weight is 325 g/mol. The van der Waals surface area contributed by atoms with Crippen molar-refractivity contribution in [1.82, 2.24) is 0 Å². The summed E-state index contributed by atoms with van der Waals surface area (Å²) < 4.78 is 22.6. The van der Waals surface area contributed by atoms with Crippen LogP contribution in [-0.4, -0.2) is 14.3 Å².